The van der Waals surface area contributed by atoms with Gasteiger partial charge in [0.05, 0.1) is 39.9 Å². The van der Waals surface area contributed by atoms with Crippen LogP contribution in [-0.4, -0.2) is 73.4 Å². The molecule has 9 heteroatoms. The van der Waals surface area contributed by atoms with Crippen LogP contribution in [0.4, 0.5) is 0 Å². The lowest BCUT2D eigenvalue weighted by Crippen LogP contribution is -2.45. The summed E-state index contributed by atoms with van der Waals surface area (Å²) in [5, 5.41) is 13.7. The molecular formula is C60H108N2O6P+. The molecule has 0 aliphatic heterocycles. The summed E-state index contributed by atoms with van der Waals surface area (Å²) in [6.45, 7) is 4.61. The van der Waals surface area contributed by atoms with Gasteiger partial charge in [-0.2, -0.15) is 0 Å². The maximum absolute atomic E-state index is 12.8. The van der Waals surface area contributed by atoms with Crippen LogP contribution < -0.4 is 5.32 Å². The summed E-state index contributed by atoms with van der Waals surface area (Å²) in [5.74, 6) is -0.184. The third-order valence-corrected chi connectivity index (χ3v) is 13.0. The maximum Gasteiger partial charge on any atom is 0.472 e. The van der Waals surface area contributed by atoms with E-state index >= 15 is 0 Å². The van der Waals surface area contributed by atoms with E-state index in [4.69, 9.17) is 9.05 Å². The first-order valence-corrected chi connectivity index (χ1v) is 29.6. The molecule has 0 aliphatic carbocycles. The van der Waals surface area contributed by atoms with Crippen molar-refractivity contribution in [2.75, 3.05) is 40.9 Å². The van der Waals surface area contributed by atoms with Gasteiger partial charge in [-0.25, -0.2) is 4.57 Å². The number of allylic oxidation sites excluding steroid dienone is 15. The Balaban J connectivity index is 3.79. The van der Waals surface area contributed by atoms with E-state index in [0.29, 0.717) is 17.4 Å². The van der Waals surface area contributed by atoms with Gasteiger partial charge in [-0.05, 0) is 77.0 Å². The first-order chi connectivity index (χ1) is 33.5. The Morgan fingerprint density at radius 3 is 1.28 bits per heavy atom. The number of unbranched alkanes of at least 4 members (excludes halogenated alkanes) is 23. The molecule has 8 nitrogen and oxygen atoms in total. The molecule has 0 aliphatic rings. The van der Waals surface area contributed by atoms with E-state index in [1.807, 2.05) is 27.2 Å². The molecule has 3 unspecified atom stereocenters. The average Bonchev–Trinajstić information content (AvgIpc) is 3.31. The summed E-state index contributed by atoms with van der Waals surface area (Å²) in [5.41, 5.74) is 0. The largest absolute Gasteiger partial charge is 0.472 e. The van der Waals surface area contributed by atoms with E-state index in [2.05, 4.69) is 104 Å². The summed E-state index contributed by atoms with van der Waals surface area (Å²) < 4.78 is 23.5. The first kappa shape index (κ1) is 66.4. The fraction of sp³-hybridized carbons (Fsp3) is 0.717. The number of nitrogens with one attached hydrogen (secondary N) is 1. The van der Waals surface area contributed by atoms with Crippen LogP contribution in [0.5, 0.6) is 0 Å². The number of amides is 1. The van der Waals surface area contributed by atoms with Crippen molar-refractivity contribution in [1.29, 1.82) is 0 Å². The predicted octanol–water partition coefficient (Wildman–Crippen LogP) is 17.0. The lowest BCUT2D eigenvalue weighted by molar-refractivity contribution is -0.870. The minimum Gasteiger partial charge on any atom is -0.387 e. The predicted molar refractivity (Wildman–Crippen MR) is 299 cm³/mol. The molecule has 0 saturated carbocycles. The number of phosphoric ester groups is 1. The topological polar surface area (TPSA) is 105 Å². The molecule has 0 fully saturated rings. The highest BCUT2D eigenvalue weighted by molar-refractivity contribution is 7.47. The van der Waals surface area contributed by atoms with Crippen LogP contribution in [0.25, 0.3) is 0 Å². The molecule has 0 heterocycles. The maximum atomic E-state index is 12.8. The van der Waals surface area contributed by atoms with Gasteiger partial charge < -0.3 is 19.8 Å². The highest BCUT2D eigenvalue weighted by Gasteiger charge is 2.27. The highest BCUT2D eigenvalue weighted by atomic mass is 31.2. The molecule has 0 aromatic carbocycles. The normalized spacial score (nSPS) is 14.7. The molecule has 0 spiro atoms. The van der Waals surface area contributed by atoms with Gasteiger partial charge in [-0.3, -0.25) is 13.8 Å². The van der Waals surface area contributed by atoms with Crippen molar-refractivity contribution in [3.05, 3.63) is 97.2 Å². The number of aliphatic hydroxyl groups is 1. The Kier molecular flexibility index (Phi) is 48.5. The molecule has 0 saturated heterocycles. The number of carbonyl (C=O) groups is 1. The number of rotatable bonds is 50. The van der Waals surface area contributed by atoms with Crippen molar-refractivity contribution in [3.8, 4) is 0 Å². The van der Waals surface area contributed by atoms with Crippen LogP contribution in [-0.2, 0) is 18.4 Å². The summed E-state index contributed by atoms with van der Waals surface area (Å²) in [7, 11) is 1.56. The van der Waals surface area contributed by atoms with Crippen molar-refractivity contribution < 1.29 is 32.9 Å². The van der Waals surface area contributed by atoms with Gasteiger partial charge in [0.25, 0.3) is 0 Å². The molecule has 0 aromatic rings. The number of hydrogen-bond donors (Lipinski definition) is 3. The molecule has 398 valence electrons. The number of nitrogens with zero attached hydrogens (tertiary/aromatic N) is 1. The molecular weight excluding hydrogens is 876 g/mol. The molecule has 0 aromatic heterocycles. The van der Waals surface area contributed by atoms with Gasteiger partial charge in [0.2, 0.25) is 5.91 Å². The smallest absolute Gasteiger partial charge is 0.387 e. The van der Waals surface area contributed by atoms with Crippen LogP contribution >= 0.6 is 7.82 Å². The van der Waals surface area contributed by atoms with Gasteiger partial charge in [-0.1, -0.05) is 239 Å². The van der Waals surface area contributed by atoms with Gasteiger partial charge in [0, 0.05) is 6.42 Å². The van der Waals surface area contributed by atoms with E-state index in [-0.39, 0.29) is 19.1 Å². The Labute approximate surface area is 426 Å². The van der Waals surface area contributed by atoms with Gasteiger partial charge in [-0.15, -0.1) is 0 Å². The van der Waals surface area contributed by atoms with Crippen molar-refractivity contribution in [1.82, 2.24) is 5.32 Å². The quantitative estimate of drug-likeness (QED) is 0.0243. The van der Waals surface area contributed by atoms with Crippen LogP contribution in [0.2, 0.25) is 0 Å². The van der Waals surface area contributed by atoms with Gasteiger partial charge in [0.15, 0.2) is 0 Å². The van der Waals surface area contributed by atoms with E-state index < -0.39 is 20.0 Å². The Morgan fingerprint density at radius 1 is 0.507 bits per heavy atom. The van der Waals surface area contributed by atoms with Crippen LogP contribution in [0, 0.1) is 0 Å². The summed E-state index contributed by atoms with van der Waals surface area (Å²) in [6.07, 6.45) is 72.8. The molecule has 3 N–H and O–H groups in total. The van der Waals surface area contributed by atoms with E-state index in [0.717, 1.165) is 89.9 Å². The standard InChI is InChI=1S/C60H107N2O6P/c1-6-8-10-12-14-15-16-17-18-19-20-21-22-23-24-25-26-27-28-29-30-31-32-33-34-35-36-37-38-39-40-41-42-43-44-45-46-47-48-50-52-54-60(64)61-58(59(63)53-51-49-13-11-9-7-2)57-68-69(65,66)67-56-55-62(3,4)5/h8,10,14-15,17-18,20-21,23-24,26-27,29-30,51,53,58-59,63H,6-7,9,11-13,16,19,22,25,28,31-50,52,54-57H2,1-5H3,(H-,61,64,65,66)/p+1/b10-8-,15-14-,18-17-,21-20-,24-23-,27-26-,30-29-,53-51+. The number of carbonyl (C=O) groups excluding carboxylic acids is 1. The molecule has 3 atom stereocenters. The van der Waals surface area contributed by atoms with Crippen molar-refractivity contribution in [3.63, 3.8) is 0 Å². The second-order valence-corrected chi connectivity index (χ2v) is 21.4. The number of hydrogen-bond acceptors (Lipinski definition) is 5. The Morgan fingerprint density at radius 2 is 0.870 bits per heavy atom. The fourth-order valence-corrected chi connectivity index (χ4v) is 8.40. The lowest BCUT2D eigenvalue weighted by Gasteiger charge is -2.25. The summed E-state index contributed by atoms with van der Waals surface area (Å²) in [6, 6.07) is -0.845. The average molecular weight is 985 g/mol. The Hall–Kier alpha value is -2.58. The van der Waals surface area contributed by atoms with Crippen molar-refractivity contribution in [2.24, 2.45) is 0 Å². The van der Waals surface area contributed by atoms with Crippen LogP contribution in [0.1, 0.15) is 226 Å². The van der Waals surface area contributed by atoms with E-state index in [1.54, 1.807) is 6.08 Å². The van der Waals surface area contributed by atoms with Crippen LogP contribution in [0.15, 0.2) is 97.2 Å². The van der Waals surface area contributed by atoms with Crippen LogP contribution in [0.3, 0.4) is 0 Å². The number of phosphoric acid groups is 1. The minimum atomic E-state index is -4.33. The summed E-state index contributed by atoms with van der Waals surface area (Å²) >= 11 is 0. The molecule has 0 bridgehead atoms. The third-order valence-electron chi connectivity index (χ3n) is 12.1. The SMILES string of the molecule is CC/C=C\C/C=C\C/C=C\C/C=C\C/C=C\C/C=C\C/C=C\CCCCCCCCCCCCCCCCCCCCCC(=O)NC(COP(=O)(O)OCC[N+](C)(C)C)C(O)/C=C/CCCCCC. The zero-order valence-electron chi connectivity index (χ0n) is 45.3. The third kappa shape index (κ3) is 53.1. The zero-order valence-corrected chi connectivity index (χ0v) is 46.2. The van der Waals surface area contributed by atoms with E-state index in [1.165, 1.54) is 116 Å². The minimum absolute atomic E-state index is 0.0590. The zero-order chi connectivity index (χ0) is 50.6. The second kappa shape index (κ2) is 50.4. The Bertz CT molecular complexity index is 1440. The second-order valence-electron chi connectivity index (χ2n) is 19.9. The number of aliphatic hydroxyl groups excluding tert-OH is 1. The monoisotopic (exact) mass is 984 g/mol. The van der Waals surface area contributed by atoms with E-state index in [9.17, 15) is 19.4 Å². The van der Waals surface area contributed by atoms with Gasteiger partial charge in [0.1, 0.15) is 13.2 Å². The van der Waals surface area contributed by atoms with Crippen molar-refractivity contribution >= 4 is 13.7 Å². The molecule has 69 heavy (non-hydrogen) atoms. The summed E-state index contributed by atoms with van der Waals surface area (Å²) in [4.78, 5) is 23.0. The number of quaternary nitrogens is 1. The molecule has 0 rings (SSSR count). The van der Waals surface area contributed by atoms with Crippen molar-refractivity contribution in [2.45, 2.75) is 238 Å². The van der Waals surface area contributed by atoms with Gasteiger partial charge >= 0.3 is 7.82 Å². The first-order valence-electron chi connectivity index (χ1n) is 28.1. The fourth-order valence-electron chi connectivity index (χ4n) is 7.67. The molecule has 1 amide bonds. The highest BCUT2D eigenvalue weighted by Crippen LogP contribution is 2.43. The number of likely N-dealkylation sites (N-methyl/N-ethyl adjacent to an activating group) is 1. The molecule has 0 radical (unpaired) electrons. The lowest BCUT2D eigenvalue weighted by atomic mass is 10.0.